The first-order valence-corrected chi connectivity index (χ1v) is 8.47. The Morgan fingerprint density at radius 1 is 1.36 bits per heavy atom. The van der Waals surface area contributed by atoms with E-state index in [-0.39, 0.29) is 36.3 Å². The first-order chi connectivity index (χ1) is 11.9. The zero-order chi connectivity index (χ0) is 18.0. The molecule has 1 aromatic heterocycles. The molecule has 1 aromatic carbocycles. The Morgan fingerprint density at radius 2 is 2.12 bits per heavy atom. The van der Waals surface area contributed by atoms with Gasteiger partial charge in [-0.1, -0.05) is 26.0 Å². The van der Waals surface area contributed by atoms with E-state index in [4.69, 9.17) is 0 Å². The van der Waals surface area contributed by atoms with Crippen molar-refractivity contribution < 1.29 is 9.59 Å². The average molecular weight is 342 g/mol. The van der Waals surface area contributed by atoms with Crippen molar-refractivity contribution in [3.63, 3.8) is 0 Å². The molecule has 1 unspecified atom stereocenters. The molecule has 2 N–H and O–H groups in total. The molecule has 1 aliphatic rings. The first-order valence-electron chi connectivity index (χ1n) is 8.47. The molecule has 7 heteroatoms. The van der Waals surface area contributed by atoms with E-state index in [1.807, 2.05) is 19.9 Å². The predicted molar refractivity (Wildman–Crippen MR) is 93.7 cm³/mol. The maximum atomic E-state index is 12.3. The molecule has 2 amide bonds. The number of H-pyrrole nitrogens is 1. The van der Waals surface area contributed by atoms with Gasteiger partial charge in [-0.3, -0.25) is 14.4 Å². The average Bonchev–Trinajstić information content (AvgIpc) is 2.93. The summed E-state index contributed by atoms with van der Waals surface area (Å²) in [5.41, 5.74) is 0.364. The monoisotopic (exact) mass is 342 g/mol. The van der Waals surface area contributed by atoms with E-state index in [2.05, 4.69) is 15.3 Å². The number of fused-ring (bicyclic) bond motifs is 1. The van der Waals surface area contributed by atoms with Crippen LogP contribution in [0.5, 0.6) is 0 Å². The number of benzene rings is 1. The molecular weight excluding hydrogens is 320 g/mol. The molecule has 0 saturated carbocycles. The zero-order valence-corrected chi connectivity index (χ0v) is 14.4. The number of nitrogens with one attached hydrogen (secondary N) is 2. The van der Waals surface area contributed by atoms with E-state index < -0.39 is 0 Å². The fourth-order valence-corrected chi connectivity index (χ4v) is 3.10. The molecule has 2 aromatic rings. The van der Waals surface area contributed by atoms with Crippen LogP contribution in [0.3, 0.4) is 0 Å². The summed E-state index contributed by atoms with van der Waals surface area (Å²) in [5, 5.41) is 3.29. The topological polar surface area (TPSA) is 95.2 Å². The van der Waals surface area contributed by atoms with E-state index in [1.54, 1.807) is 23.1 Å². The molecule has 132 valence electrons. The zero-order valence-electron chi connectivity index (χ0n) is 14.4. The SMILES string of the molecule is CC(C)CN1CC(C(=O)NCc2nc3ccccc3c(=O)[nH]2)CC1=O. The summed E-state index contributed by atoms with van der Waals surface area (Å²) in [5.74, 6) is 0.262. The highest BCUT2D eigenvalue weighted by Gasteiger charge is 2.34. The van der Waals surface area contributed by atoms with Crippen molar-refractivity contribution in [1.82, 2.24) is 20.2 Å². The van der Waals surface area contributed by atoms with Crippen molar-refractivity contribution in [1.29, 1.82) is 0 Å². The normalized spacial score (nSPS) is 17.5. The Labute approximate surface area is 145 Å². The van der Waals surface area contributed by atoms with Gasteiger partial charge in [0.05, 0.1) is 23.4 Å². The third-order valence-electron chi connectivity index (χ3n) is 4.26. The molecule has 25 heavy (non-hydrogen) atoms. The summed E-state index contributed by atoms with van der Waals surface area (Å²) in [4.78, 5) is 45.1. The van der Waals surface area contributed by atoms with Crippen molar-refractivity contribution in [2.45, 2.75) is 26.8 Å². The van der Waals surface area contributed by atoms with Gasteiger partial charge in [0.2, 0.25) is 11.8 Å². The van der Waals surface area contributed by atoms with Gasteiger partial charge in [-0.2, -0.15) is 0 Å². The van der Waals surface area contributed by atoms with Gasteiger partial charge in [0, 0.05) is 19.5 Å². The smallest absolute Gasteiger partial charge is 0.258 e. The second kappa shape index (κ2) is 7.04. The van der Waals surface area contributed by atoms with Gasteiger partial charge in [-0.15, -0.1) is 0 Å². The van der Waals surface area contributed by atoms with Crippen molar-refractivity contribution in [2.75, 3.05) is 13.1 Å². The van der Waals surface area contributed by atoms with Crippen molar-refractivity contribution in [2.24, 2.45) is 11.8 Å². The number of hydrogen-bond acceptors (Lipinski definition) is 4. The Hall–Kier alpha value is -2.70. The lowest BCUT2D eigenvalue weighted by Gasteiger charge is -2.18. The van der Waals surface area contributed by atoms with Crippen LogP contribution in [0.2, 0.25) is 0 Å². The Balaban J connectivity index is 1.63. The molecule has 1 atom stereocenters. The fourth-order valence-electron chi connectivity index (χ4n) is 3.10. The van der Waals surface area contributed by atoms with Crippen LogP contribution in [0.1, 0.15) is 26.1 Å². The molecule has 0 radical (unpaired) electrons. The third-order valence-corrected chi connectivity index (χ3v) is 4.26. The Morgan fingerprint density at radius 3 is 2.88 bits per heavy atom. The second-order valence-electron chi connectivity index (χ2n) is 6.84. The van der Waals surface area contributed by atoms with Crippen LogP contribution in [0, 0.1) is 11.8 Å². The number of para-hydroxylation sites is 1. The van der Waals surface area contributed by atoms with Crippen LogP contribution < -0.4 is 10.9 Å². The van der Waals surface area contributed by atoms with E-state index in [0.717, 1.165) is 0 Å². The number of amides is 2. The molecule has 1 aliphatic heterocycles. The molecule has 0 aliphatic carbocycles. The number of likely N-dealkylation sites (tertiary alicyclic amines) is 1. The van der Waals surface area contributed by atoms with Gasteiger partial charge < -0.3 is 15.2 Å². The van der Waals surface area contributed by atoms with E-state index in [9.17, 15) is 14.4 Å². The molecule has 0 spiro atoms. The van der Waals surface area contributed by atoms with Gasteiger partial charge in [-0.05, 0) is 18.1 Å². The van der Waals surface area contributed by atoms with Gasteiger partial charge in [-0.25, -0.2) is 4.98 Å². The molecule has 3 rings (SSSR count). The first kappa shape index (κ1) is 17.1. The van der Waals surface area contributed by atoms with Crippen LogP contribution in [-0.2, 0) is 16.1 Å². The Bertz CT molecular complexity index is 859. The van der Waals surface area contributed by atoms with Crippen LogP contribution >= 0.6 is 0 Å². The summed E-state index contributed by atoms with van der Waals surface area (Å²) in [6.45, 7) is 5.34. The predicted octanol–water partition coefficient (Wildman–Crippen LogP) is 1.04. The number of aromatic nitrogens is 2. The van der Waals surface area contributed by atoms with E-state index in [0.29, 0.717) is 35.7 Å². The van der Waals surface area contributed by atoms with Crippen molar-refractivity contribution in [3.8, 4) is 0 Å². The summed E-state index contributed by atoms with van der Waals surface area (Å²) in [6, 6.07) is 7.05. The van der Waals surface area contributed by atoms with E-state index in [1.165, 1.54) is 0 Å². The highest BCUT2D eigenvalue weighted by molar-refractivity contribution is 5.89. The van der Waals surface area contributed by atoms with Crippen LogP contribution in [-0.4, -0.2) is 39.8 Å². The van der Waals surface area contributed by atoms with Gasteiger partial charge in [0.1, 0.15) is 5.82 Å². The van der Waals surface area contributed by atoms with Crippen molar-refractivity contribution in [3.05, 3.63) is 40.4 Å². The lowest BCUT2D eigenvalue weighted by Crippen LogP contribution is -2.34. The minimum Gasteiger partial charge on any atom is -0.349 e. The summed E-state index contributed by atoms with van der Waals surface area (Å²) in [6.07, 6.45) is 0.236. The lowest BCUT2D eigenvalue weighted by atomic mass is 10.1. The summed E-state index contributed by atoms with van der Waals surface area (Å²) in [7, 11) is 0. The number of carbonyl (C=O) groups excluding carboxylic acids is 2. The summed E-state index contributed by atoms with van der Waals surface area (Å²) < 4.78 is 0. The lowest BCUT2D eigenvalue weighted by molar-refractivity contribution is -0.129. The highest BCUT2D eigenvalue weighted by atomic mass is 16.2. The largest absolute Gasteiger partial charge is 0.349 e. The molecule has 0 bridgehead atoms. The Kier molecular flexibility index (Phi) is 4.83. The maximum absolute atomic E-state index is 12.3. The highest BCUT2D eigenvalue weighted by Crippen LogP contribution is 2.19. The number of rotatable bonds is 5. The molecule has 2 heterocycles. The molecular formula is C18H22N4O3. The maximum Gasteiger partial charge on any atom is 0.258 e. The second-order valence-corrected chi connectivity index (χ2v) is 6.84. The minimum atomic E-state index is -0.349. The number of nitrogens with zero attached hydrogens (tertiary/aromatic N) is 2. The number of carbonyl (C=O) groups is 2. The fraction of sp³-hybridized carbons (Fsp3) is 0.444. The third kappa shape index (κ3) is 3.87. The van der Waals surface area contributed by atoms with Gasteiger partial charge in [0.15, 0.2) is 0 Å². The molecule has 7 nitrogen and oxygen atoms in total. The standard InChI is InChI=1S/C18H22N4O3/c1-11(2)9-22-10-12(7-16(22)23)17(24)19-8-15-20-14-6-4-3-5-13(14)18(25)21-15/h3-6,11-12H,7-10H2,1-2H3,(H,19,24)(H,20,21,25). The van der Waals surface area contributed by atoms with Gasteiger partial charge >= 0.3 is 0 Å². The summed E-state index contributed by atoms with van der Waals surface area (Å²) >= 11 is 0. The minimum absolute atomic E-state index is 0.0195. The van der Waals surface area contributed by atoms with Crippen molar-refractivity contribution >= 4 is 22.7 Å². The van der Waals surface area contributed by atoms with Crippen LogP contribution in [0.15, 0.2) is 29.1 Å². The van der Waals surface area contributed by atoms with Crippen LogP contribution in [0.25, 0.3) is 10.9 Å². The van der Waals surface area contributed by atoms with E-state index >= 15 is 0 Å². The van der Waals surface area contributed by atoms with Crippen LogP contribution in [0.4, 0.5) is 0 Å². The quantitative estimate of drug-likeness (QED) is 0.849. The van der Waals surface area contributed by atoms with Gasteiger partial charge in [0.25, 0.3) is 5.56 Å². The molecule has 1 fully saturated rings. The number of aromatic amines is 1. The molecule has 1 saturated heterocycles. The number of hydrogen-bond donors (Lipinski definition) is 2.